The SMILES string of the molecule is Cc1cc(F)c(N=C(CC2(C)CC2)C(F)(F)F)cc1S(=O)CC(F)(F)F. The number of aryl methyl sites for hydroxylation is 1. The Kier molecular flexibility index (Phi) is 5.56. The Bertz CT molecular complexity index is 748. The first-order chi connectivity index (χ1) is 11.7. The molecule has 1 aromatic rings. The molecule has 2 nitrogen and oxygen atoms in total. The average Bonchev–Trinajstić information content (AvgIpc) is 3.15. The molecule has 1 aliphatic carbocycles. The van der Waals surface area contributed by atoms with E-state index in [2.05, 4.69) is 4.99 Å². The Morgan fingerprint density at radius 3 is 2.23 bits per heavy atom. The van der Waals surface area contributed by atoms with Gasteiger partial charge >= 0.3 is 12.4 Å². The van der Waals surface area contributed by atoms with Crippen molar-refractivity contribution in [3.63, 3.8) is 0 Å². The first-order valence-corrected chi connectivity index (χ1v) is 8.92. The lowest BCUT2D eigenvalue weighted by molar-refractivity contribution is -0.105. The van der Waals surface area contributed by atoms with E-state index in [1.165, 1.54) is 6.92 Å². The summed E-state index contributed by atoms with van der Waals surface area (Å²) in [6.07, 6.45) is -8.77. The number of alkyl halides is 6. The minimum absolute atomic E-state index is 0.0493. The van der Waals surface area contributed by atoms with E-state index in [0.29, 0.717) is 18.9 Å². The van der Waals surface area contributed by atoms with Gasteiger partial charge in [-0.05, 0) is 42.9 Å². The van der Waals surface area contributed by atoms with Crippen molar-refractivity contribution in [2.75, 3.05) is 5.75 Å². The highest BCUT2D eigenvalue weighted by atomic mass is 32.2. The van der Waals surface area contributed by atoms with Crippen molar-refractivity contribution in [3.05, 3.63) is 23.5 Å². The fraction of sp³-hybridized carbons (Fsp3) is 0.562. The molecule has 0 spiro atoms. The number of hydrogen-bond donors (Lipinski definition) is 0. The van der Waals surface area contributed by atoms with Gasteiger partial charge in [-0.25, -0.2) is 9.38 Å². The van der Waals surface area contributed by atoms with Gasteiger partial charge in [0.2, 0.25) is 0 Å². The second-order valence-electron chi connectivity index (χ2n) is 6.72. The van der Waals surface area contributed by atoms with Crippen LogP contribution in [0.3, 0.4) is 0 Å². The summed E-state index contributed by atoms with van der Waals surface area (Å²) in [7, 11) is -2.57. The van der Waals surface area contributed by atoms with Crippen molar-refractivity contribution in [1.82, 2.24) is 0 Å². The standard InChI is InChI=1S/C16H16F7NOS/c1-9-5-10(17)11(6-12(9)26(25)8-15(18,19)20)24-13(16(21,22)23)7-14(2)3-4-14/h5-6H,3-4,7-8H2,1-2H3. The normalized spacial score (nSPS) is 18.7. The van der Waals surface area contributed by atoms with Gasteiger partial charge in [0.05, 0.1) is 10.8 Å². The quantitative estimate of drug-likeness (QED) is 0.463. The Morgan fingerprint density at radius 1 is 1.19 bits per heavy atom. The van der Waals surface area contributed by atoms with Crippen LogP contribution in [0, 0.1) is 18.2 Å². The predicted octanol–water partition coefficient (Wildman–Crippen LogP) is 5.63. The lowest BCUT2D eigenvalue weighted by Crippen LogP contribution is -2.25. The molecule has 1 saturated carbocycles. The molecule has 146 valence electrons. The van der Waals surface area contributed by atoms with Gasteiger partial charge in [0.1, 0.15) is 23.0 Å². The Morgan fingerprint density at radius 2 is 1.77 bits per heavy atom. The molecule has 1 fully saturated rings. The van der Waals surface area contributed by atoms with Crippen LogP contribution in [0.15, 0.2) is 22.0 Å². The van der Waals surface area contributed by atoms with E-state index in [0.717, 1.165) is 6.07 Å². The fourth-order valence-corrected chi connectivity index (χ4v) is 3.46. The molecular formula is C16H16F7NOS. The summed E-state index contributed by atoms with van der Waals surface area (Å²) in [4.78, 5) is 2.95. The molecule has 0 N–H and O–H groups in total. The van der Waals surface area contributed by atoms with E-state index in [4.69, 9.17) is 0 Å². The zero-order valence-corrected chi connectivity index (χ0v) is 14.7. The molecule has 26 heavy (non-hydrogen) atoms. The summed E-state index contributed by atoms with van der Waals surface area (Å²) < 4.78 is 103. The summed E-state index contributed by atoms with van der Waals surface area (Å²) in [6, 6.07) is 1.45. The van der Waals surface area contributed by atoms with Gasteiger partial charge in [-0.15, -0.1) is 0 Å². The molecule has 10 heteroatoms. The van der Waals surface area contributed by atoms with Crippen molar-refractivity contribution < 1.29 is 34.9 Å². The molecule has 0 radical (unpaired) electrons. The van der Waals surface area contributed by atoms with Gasteiger partial charge in [0, 0.05) is 11.3 Å². The molecule has 1 atom stereocenters. The number of halogens is 7. The largest absolute Gasteiger partial charge is 0.429 e. The van der Waals surface area contributed by atoms with Gasteiger partial charge in [0.25, 0.3) is 0 Å². The molecule has 1 aliphatic rings. The molecular weight excluding hydrogens is 387 g/mol. The Balaban J connectivity index is 2.44. The van der Waals surface area contributed by atoms with Crippen molar-refractivity contribution in [3.8, 4) is 0 Å². The van der Waals surface area contributed by atoms with Crippen LogP contribution in [-0.4, -0.2) is 28.0 Å². The molecule has 0 heterocycles. The lowest BCUT2D eigenvalue weighted by atomic mass is 10.0. The Labute approximate surface area is 148 Å². The third kappa shape index (κ3) is 5.52. The van der Waals surface area contributed by atoms with Crippen molar-refractivity contribution in [2.45, 2.75) is 50.4 Å². The topological polar surface area (TPSA) is 29.4 Å². The predicted molar refractivity (Wildman–Crippen MR) is 83.6 cm³/mol. The average molecular weight is 403 g/mol. The van der Waals surface area contributed by atoms with Crippen LogP contribution in [0.1, 0.15) is 31.7 Å². The molecule has 1 aromatic carbocycles. The molecule has 0 aromatic heterocycles. The molecule has 0 aliphatic heterocycles. The van der Waals surface area contributed by atoms with Crippen LogP contribution in [-0.2, 0) is 10.8 Å². The van der Waals surface area contributed by atoms with Crippen LogP contribution in [0.2, 0.25) is 0 Å². The van der Waals surface area contributed by atoms with E-state index in [1.807, 2.05) is 0 Å². The van der Waals surface area contributed by atoms with Crippen LogP contribution >= 0.6 is 0 Å². The minimum Gasteiger partial charge on any atom is -0.254 e. The van der Waals surface area contributed by atoms with Gasteiger partial charge < -0.3 is 0 Å². The van der Waals surface area contributed by atoms with Crippen LogP contribution in [0.25, 0.3) is 0 Å². The van der Waals surface area contributed by atoms with Crippen molar-refractivity contribution in [2.24, 2.45) is 10.4 Å². The number of benzene rings is 1. The zero-order chi connectivity index (χ0) is 19.9. The summed E-state index contributed by atoms with van der Waals surface area (Å²) >= 11 is 0. The number of nitrogens with zero attached hydrogens (tertiary/aromatic N) is 1. The number of hydrogen-bond acceptors (Lipinski definition) is 2. The third-order valence-electron chi connectivity index (χ3n) is 4.06. The molecule has 0 saturated heterocycles. The third-order valence-corrected chi connectivity index (χ3v) is 5.58. The van der Waals surface area contributed by atoms with Crippen molar-refractivity contribution >= 4 is 22.2 Å². The zero-order valence-electron chi connectivity index (χ0n) is 13.9. The Hall–Kier alpha value is -1.45. The van der Waals surface area contributed by atoms with Crippen LogP contribution < -0.4 is 0 Å². The van der Waals surface area contributed by atoms with Crippen molar-refractivity contribution in [1.29, 1.82) is 0 Å². The van der Waals surface area contributed by atoms with E-state index < -0.39 is 58.0 Å². The fourth-order valence-electron chi connectivity index (χ4n) is 2.34. The maximum atomic E-state index is 14.0. The van der Waals surface area contributed by atoms with E-state index in [9.17, 15) is 34.9 Å². The highest BCUT2D eigenvalue weighted by Crippen LogP contribution is 2.50. The van der Waals surface area contributed by atoms with Gasteiger partial charge in [-0.3, -0.25) is 4.21 Å². The molecule has 0 bridgehead atoms. The van der Waals surface area contributed by atoms with Gasteiger partial charge in [0.15, 0.2) is 0 Å². The first kappa shape index (κ1) is 20.9. The van der Waals surface area contributed by atoms with Gasteiger partial charge in [-0.1, -0.05) is 6.92 Å². The molecule has 0 amide bonds. The molecule has 1 unspecified atom stereocenters. The van der Waals surface area contributed by atoms with Crippen LogP contribution in [0.4, 0.5) is 36.4 Å². The summed E-state index contributed by atoms with van der Waals surface area (Å²) in [5.41, 5.74) is -2.57. The highest BCUT2D eigenvalue weighted by Gasteiger charge is 2.45. The minimum atomic E-state index is -4.80. The number of rotatable bonds is 5. The second kappa shape index (κ2) is 6.94. The molecule has 2 rings (SSSR count). The first-order valence-electron chi connectivity index (χ1n) is 7.60. The summed E-state index contributed by atoms with van der Waals surface area (Å²) in [5, 5.41) is 0. The smallest absolute Gasteiger partial charge is 0.254 e. The van der Waals surface area contributed by atoms with Gasteiger partial charge in [-0.2, -0.15) is 26.3 Å². The maximum Gasteiger partial charge on any atom is 0.429 e. The highest BCUT2D eigenvalue weighted by molar-refractivity contribution is 7.85. The summed E-state index contributed by atoms with van der Waals surface area (Å²) in [6.45, 7) is 2.87. The monoisotopic (exact) mass is 403 g/mol. The lowest BCUT2D eigenvalue weighted by Gasteiger charge is -2.15. The van der Waals surface area contributed by atoms with E-state index >= 15 is 0 Å². The van der Waals surface area contributed by atoms with E-state index in [-0.39, 0.29) is 10.5 Å². The second-order valence-corrected chi connectivity index (χ2v) is 8.14. The summed E-state index contributed by atoms with van der Waals surface area (Å²) in [5.74, 6) is -2.79. The maximum absolute atomic E-state index is 14.0. The van der Waals surface area contributed by atoms with E-state index in [1.54, 1.807) is 6.92 Å². The number of aliphatic imine (C=N–C) groups is 1. The van der Waals surface area contributed by atoms with Crippen LogP contribution in [0.5, 0.6) is 0 Å².